The fourth-order valence-electron chi connectivity index (χ4n) is 4.73. The van der Waals surface area contributed by atoms with Crippen LogP contribution in [0.25, 0.3) is 10.9 Å². The highest BCUT2D eigenvalue weighted by molar-refractivity contribution is 5.80. The third-order valence-corrected chi connectivity index (χ3v) is 6.47. The van der Waals surface area contributed by atoms with Crippen LogP contribution in [0.15, 0.2) is 82.2 Å². The van der Waals surface area contributed by atoms with Crippen LogP contribution in [0, 0.1) is 5.92 Å². The highest BCUT2D eigenvalue weighted by atomic mass is 16.5. The van der Waals surface area contributed by atoms with Crippen molar-refractivity contribution in [2.45, 2.75) is 39.5 Å². The maximum atomic E-state index is 13.2. The van der Waals surface area contributed by atoms with Crippen LogP contribution in [-0.4, -0.2) is 37.2 Å². The van der Waals surface area contributed by atoms with E-state index in [1.54, 1.807) is 18.1 Å². The molecule has 0 bridgehead atoms. The summed E-state index contributed by atoms with van der Waals surface area (Å²) in [5, 5.41) is 13.6. The van der Waals surface area contributed by atoms with Crippen LogP contribution in [0.2, 0.25) is 0 Å². The maximum absolute atomic E-state index is 13.2. The molecular weight excluding hydrogens is 468 g/mol. The molecule has 2 aromatic carbocycles. The van der Waals surface area contributed by atoms with Crippen molar-refractivity contribution >= 4 is 10.9 Å². The van der Waals surface area contributed by atoms with Crippen LogP contribution in [0.1, 0.15) is 42.6 Å². The average molecular weight is 499 g/mol. The molecule has 3 aromatic heterocycles. The lowest BCUT2D eigenvalue weighted by molar-refractivity contribution is 0.125. The molecule has 0 spiro atoms. The van der Waals surface area contributed by atoms with Gasteiger partial charge >= 0.3 is 0 Å². The molecule has 0 saturated carbocycles. The number of fused-ring (bicyclic) bond motifs is 1. The van der Waals surface area contributed by atoms with E-state index in [1.165, 1.54) is 0 Å². The standard InChI is InChI=1S/C28H30N6O3/c1-19(2)26(27-30-31-32-34(27)18-24-10-7-13-37-24)33(16-20-8-5-4-6-9-20)17-22-14-21-11-12-23(36-3)15-25(21)29-28(22)35/h4-15,19,26H,16-18H2,1-3H3,(H,29,35)/t26-/m1/s1. The number of tetrazole rings is 1. The van der Waals surface area contributed by atoms with Crippen LogP contribution < -0.4 is 10.3 Å². The smallest absolute Gasteiger partial charge is 0.252 e. The first kappa shape index (κ1) is 24.5. The third-order valence-electron chi connectivity index (χ3n) is 6.47. The Balaban J connectivity index is 1.54. The Kier molecular flexibility index (Phi) is 7.14. The number of ether oxygens (including phenoxy) is 1. The molecule has 5 aromatic rings. The van der Waals surface area contributed by atoms with Gasteiger partial charge < -0.3 is 14.1 Å². The van der Waals surface area contributed by atoms with Gasteiger partial charge in [0.25, 0.3) is 5.56 Å². The zero-order valence-electron chi connectivity index (χ0n) is 21.2. The van der Waals surface area contributed by atoms with Crippen LogP contribution in [0.3, 0.4) is 0 Å². The monoisotopic (exact) mass is 498 g/mol. The number of H-pyrrole nitrogens is 1. The first-order valence-electron chi connectivity index (χ1n) is 12.3. The fraction of sp³-hybridized carbons (Fsp3) is 0.286. The number of furan rings is 1. The van der Waals surface area contributed by atoms with Crippen LogP contribution in [-0.2, 0) is 19.6 Å². The molecule has 0 unspecified atom stereocenters. The summed E-state index contributed by atoms with van der Waals surface area (Å²) >= 11 is 0. The van der Waals surface area contributed by atoms with Gasteiger partial charge in [0, 0.05) is 24.7 Å². The third kappa shape index (κ3) is 5.46. The Hall–Kier alpha value is -4.24. The molecule has 37 heavy (non-hydrogen) atoms. The second kappa shape index (κ2) is 10.8. The molecule has 0 aliphatic carbocycles. The molecule has 0 amide bonds. The lowest BCUT2D eigenvalue weighted by Gasteiger charge is -2.33. The molecule has 0 aliphatic rings. The van der Waals surface area contributed by atoms with Gasteiger partial charge in [-0.25, -0.2) is 4.68 Å². The normalized spacial score (nSPS) is 12.5. The average Bonchev–Trinajstić information content (AvgIpc) is 3.57. The highest BCUT2D eigenvalue weighted by Gasteiger charge is 2.30. The summed E-state index contributed by atoms with van der Waals surface area (Å²) in [6.45, 7) is 5.76. The minimum absolute atomic E-state index is 0.128. The Bertz CT molecular complexity index is 1510. The van der Waals surface area contributed by atoms with E-state index in [0.29, 0.717) is 30.9 Å². The second-order valence-corrected chi connectivity index (χ2v) is 9.43. The Morgan fingerprint density at radius 2 is 1.89 bits per heavy atom. The molecule has 0 radical (unpaired) electrons. The van der Waals surface area contributed by atoms with E-state index >= 15 is 0 Å². The summed E-state index contributed by atoms with van der Waals surface area (Å²) in [6.07, 6.45) is 1.64. The molecule has 190 valence electrons. The zero-order valence-corrected chi connectivity index (χ0v) is 21.2. The molecule has 0 aliphatic heterocycles. The van der Waals surface area contributed by atoms with E-state index in [9.17, 15) is 4.79 Å². The number of nitrogens with zero attached hydrogens (tertiary/aromatic N) is 5. The van der Waals surface area contributed by atoms with Gasteiger partial charge in [-0.3, -0.25) is 9.69 Å². The number of hydrogen-bond acceptors (Lipinski definition) is 7. The van der Waals surface area contributed by atoms with Gasteiger partial charge in [0.1, 0.15) is 18.1 Å². The van der Waals surface area contributed by atoms with Crippen molar-refractivity contribution in [3.63, 3.8) is 0 Å². The van der Waals surface area contributed by atoms with E-state index < -0.39 is 0 Å². The molecule has 0 fully saturated rings. The van der Waals surface area contributed by atoms with Gasteiger partial charge in [-0.2, -0.15) is 0 Å². The largest absolute Gasteiger partial charge is 0.497 e. The first-order chi connectivity index (χ1) is 18.0. The van der Waals surface area contributed by atoms with Gasteiger partial charge in [-0.1, -0.05) is 44.2 Å². The number of benzene rings is 2. The van der Waals surface area contributed by atoms with Crippen LogP contribution in [0.4, 0.5) is 0 Å². The topological polar surface area (TPSA) is 102 Å². The number of hydrogen-bond donors (Lipinski definition) is 1. The van der Waals surface area contributed by atoms with Crippen LogP contribution >= 0.6 is 0 Å². The van der Waals surface area contributed by atoms with E-state index in [2.05, 4.69) is 51.4 Å². The number of aromatic amines is 1. The minimum Gasteiger partial charge on any atom is -0.497 e. The Morgan fingerprint density at radius 1 is 1.05 bits per heavy atom. The summed E-state index contributed by atoms with van der Waals surface area (Å²) in [4.78, 5) is 18.5. The van der Waals surface area contributed by atoms with Gasteiger partial charge in [0.05, 0.1) is 24.9 Å². The fourth-order valence-corrected chi connectivity index (χ4v) is 4.73. The summed E-state index contributed by atoms with van der Waals surface area (Å²) in [5.41, 5.74) is 2.42. The summed E-state index contributed by atoms with van der Waals surface area (Å²) < 4.78 is 12.6. The summed E-state index contributed by atoms with van der Waals surface area (Å²) in [5.74, 6) is 2.36. The first-order valence-corrected chi connectivity index (χ1v) is 12.3. The number of methoxy groups -OCH3 is 1. The predicted octanol–water partition coefficient (Wildman–Crippen LogP) is 4.56. The van der Waals surface area contributed by atoms with Crippen molar-refractivity contribution in [3.8, 4) is 5.75 Å². The maximum Gasteiger partial charge on any atom is 0.252 e. The number of aromatic nitrogens is 5. The van der Waals surface area contributed by atoms with Crippen molar-refractivity contribution in [2.75, 3.05) is 7.11 Å². The predicted molar refractivity (Wildman–Crippen MR) is 140 cm³/mol. The van der Waals surface area contributed by atoms with Gasteiger partial charge in [0.2, 0.25) is 0 Å². The Morgan fingerprint density at radius 3 is 2.62 bits per heavy atom. The second-order valence-electron chi connectivity index (χ2n) is 9.43. The molecule has 3 heterocycles. The molecule has 9 nitrogen and oxygen atoms in total. The molecule has 1 atom stereocenters. The van der Waals surface area contributed by atoms with Crippen LogP contribution in [0.5, 0.6) is 5.75 Å². The van der Waals surface area contributed by atoms with Crippen molar-refractivity contribution in [1.29, 1.82) is 0 Å². The van der Waals surface area contributed by atoms with E-state index in [1.807, 2.05) is 54.6 Å². The molecule has 5 rings (SSSR count). The SMILES string of the molecule is COc1ccc2cc(CN(Cc3ccccc3)[C@@H](c3nnnn3Cc3ccco3)C(C)C)c(=O)[nH]c2c1. The van der Waals surface area contributed by atoms with E-state index in [0.717, 1.165) is 28.1 Å². The lowest BCUT2D eigenvalue weighted by atomic mass is 9.99. The zero-order chi connectivity index (χ0) is 25.8. The number of nitrogens with one attached hydrogen (secondary N) is 1. The van der Waals surface area contributed by atoms with Gasteiger partial charge in [0.15, 0.2) is 5.82 Å². The minimum atomic E-state index is -0.156. The van der Waals surface area contributed by atoms with Crippen molar-refractivity contribution in [3.05, 3.63) is 106 Å². The van der Waals surface area contributed by atoms with Gasteiger partial charge in [-0.15, -0.1) is 5.10 Å². The van der Waals surface area contributed by atoms with Crippen molar-refractivity contribution < 1.29 is 9.15 Å². The molecule has 9 heteroatoms. The molecule has 1 N–H and O–H groups in total. The molecular formula is C28H30N6O3. The number of rotatable bonds is 10. The lowest BCUT2D eigenvalue weighted by Crippen LogP contribution is -2.35. The van der Waals surface area contributed by atoms with E-state index in [4.69, 9.17) is 9.15 Å². The van der Waals surface area contributed by atoms with Crippen molar-refractivity contribution in [1.82, 2.24) is 30.1 Å². The quantitative estimate of drug-likeness (QED) is 0.301. The van der Waals surface area contributed by atoms with E-state index in [-0.39, 0.29) is 17.5 Å². The molecule has 0 saturated heterocycles. The highest BCUT2D eigenvalue weighted by Crippen LogP contribution is 2.30. The summed E-state index contributed by atoms with van der Waals surface area (Å²) in [6, 6.07) is 21.5. The van der Waals surface area contributed by atoms with Gasteiger partial charge in [-0.05, 0) is 57.6 Å². The number of pyridine rings is 1. The Labute approximate surface area is 214 Å². The van der Waals surface area contributed by atoms with Crippen molar-refractivity contribution in [2.24, 2.45) is 5.92 Å². The summed E-state index contributed by atoms with van der Waals surface area (Å²) in [7, 11) is 1.61.